The zero-order valence-electron chi connectivity index (χ0n) is 15.9. The summed E-state index contributed by atoms with van der Waals surface area (Å²) in [4.78, 5) is 36.6. The van der Waals surface area contributed by atoms with Gasteiger partial charge in [0.15, 0.2) is 0 Å². The van der Waals surface area contributed by atoms with Crippen LogP contribution in [0.2, 0.25) is 0 Å². The van der Waals surface area contributed by atoms with Gasteiger partial charge < -0.3 is 16.8 Å². The average Bonchev–Trinajstić information content (AvgIpc) is 3.18. The summed E-state index contributed by atoms with van der Waals surface area (Å²) in [6.07, 6.45) is 1.11. The zero-order valence-corrected chi connectivity index (χ0v) is 16.7. The van der Waals surface area contributed by atoms with Crippen LogP contribution in [0.4, 0.5) is 0 Å². The molecule has 3 rings (SSSR count). The van der Waals surface area contributed by atoms with Gasteiger partial charge in [-0.2, -0.15) is 0 Å². The molecule has 1 aromatic heterocycles. The minimum atomic E-state index is -1.17. The van der Waals surface area contributed by atoms with E-state index in [1.54, 1.807) is 29.6 Å². The highest BCUT2D eigenvalue weighted by atomic mass is 32.1. The lowest BCUT2D eigenvalue weighted by Gasteiger charge is -2.18. The number of rotatable bonds is 8. The average molecular weight is 420 g/mol. The summed E-state index contributed by atoms with van der Waals surface area (Å²) < 4.78 is 0.972. The smallest absolute Gasteiger partial charge is 0.287 e. The van der Waals surface area contributed by atoms with Crippen molar-refractivity contribution < 1.29 is 14.4 Å². The van der Waals surface area contributed by atoms with Crippen LogP contribution in [-0.4, -0.2) is 29.4 Å². The van der Waals surface area contributed by atoms with Crippen LogP contribution >= 0.6 is 11.3 Å². The van der Waals surface area contributed by atoms with Crippen molar-refractivity contribution in [2.45, 2.75) is 12.5 Å². The van der Waals surface area contributed by atoms with Gasteiger partial charge in [0.25, 0.3) is 11.8 Å². The van der Waals surface area contributed by atoms with Crippen molar-refractivity contribution in [2.24, 2.45) is 11.5 Å². The molecule has 0 saturated heterocycles. The van der Waals surface area contributed by atoms with Gasteiger partial charge >= 0.3 is 0 Å². The lowest BCUT2D eigenvalue weighted by atomic mass is 9.99. The molecular weight excluding hydrogens is 400 g/mol. The first-order chi connectivity index (χ1) is 14.4. The predicted octanol–water partition coefficient (Wildman–Crippen LogP) is 1.89. The van der Waals surface area contributed by atoms with Gasteiger partial charge in [-0.15, -0.1) is 11.3 Å². The Kier molecular flexibility index (Phi) is 6.38. The molecule has 0 spiro atoms. The maximum Gasteiger partial charge on any atom is 0.287 e. The normalized spacial score (nSPS) is 12.3. The van der Waals surface area contributed by atoms with Gasteiger partial charge in [0.1, 0.15) is 6.04 Å². The molecule has 8 heteroatoms. The van der Waals surface area contributed by atoms with E-state index in [9.17, 15) is 14.4 Å². The van der Waals surface area contributed by atoms with Crippen molar-refractivity contribution in [1.29, 1.82) is 5.41 Å². The second kappa shape index (κ2) is 9.15. The molecule has 2 amide bonds. The van der Waals surface area contributed by atoms with E-state index in [0.717, 1.165) is 21.8 Å². The van der Waals surface area contributed by atoms with E-state index in [4.69, 9.17) is 16.9 Å². The lowest BCUT2D eigenvalue weighted by molar-refractivity contribution is -0.138. The number of carbonyl (C=O) groups is 3. The molecule has 1 heterocycles. The van der Waals surface area contributed by atoms with Gasteiger partial charge in [-0.25, -0.2) is 0 Å². The number of primary amides is 1. The Morgan fingerprint density at radius 3 is 2.40 bits per heavy atom. The van der Waals surface area contributed by atoms with Crippen molar-refractivity contribution in [3.8, 4) is 0 Å². The number of benzene rings is 2. The highest BCUT2D eigenvalue weighted by Crippen LogP contribution is 2.27. The van der Waals surface area contributed by atoms with Crippen molar-refractivity contribution >= 4 is 44.7 Å². The number of fused-ring (bicyclic) bond motifs is 1. The molecule has 0 aliphatic rings. The van der Waals surface area contributed by atoms with Crippen LogP contribution in [0.15, 0.2) is 71.8 Å². The van der Waals surface area contributed by atoms with Crippen LogP contribution in [0.25, 0.3) is 10.1 Å². The van der Waals surface area contributed by atoms with Crippen LogP contribution in [0, 0.1) is 5.41 Å². The molecule has 2 aromatic carbocycles. The molecule has 0 saturated carbocycles. The number of Topliss-reactive ketones (excluding diaryl/α,β-unsaturated/α-hetero) is 1. The molecule has 0 bridgehead atoms. The number of carbonyl (C=O) groups excluding carboxylic acids is 3. The first-order valence-electron chi connectivity index (χ1n) is 9.08. The summed E-state index contributed by atoms with van der Waals surface area (Å²) in [5, 5.41) is 13.6. The van der Waals surface area contributed by atoms with E-state index in [-0.39, 0.29) is 17.7 Å². The molecule has 0 radical (unpaired) electrons. The van der Waals surface area contributed by atoms with Crippen LogP contribution in [0.1, 0.15) is 11.1 Å². The Balaban J connectivity index is 1.85. The van der Waals surface area contributed by atoms with E-state index in [2.05, 4.69) is 5.32 Å². The molecule has 30 heavy (non-hydrogen) atoms. The predicted molar refractivity (Wildman–Crippen MR) is 117 cm³/mol. The van der Waals surface area contributed by atoms with Gasteiger partial charge in [0, 0.05) is 33.7 Å². The first kappa shape index (κ1) is 20.9. The maximum absolute atomic E-state index is 12.9. The number of hydrogen-bond acceptors (Lipinski definition) is 6. The number of nitrogens with one attached hydrogen (secondary N) is 2. The van der Waals surface area contributed by atoms with Gasteiger partial charge in [0.2, 0.25) is 5.78 Å². The molecule has 7 nitrogen and oxygen atoms in total. The third-order valence-electron chi connectivity index (χ3n) is 4.58. The highest BCUT2D eigenvalue weighted by Gasteiger charge is 2.28. The summed E-state index contributed by atoms with van der Waals surface area (Å²) in [7, 11) is 0. The Morgan fingerprint density at radius 2 is 1.73 bits per heavy atom. The van der Waals surface area contributed by atoms with Crippen LogP contribution in [0.3, 0.4) is 0 Å². The second-order valence-corrected chi connectivity index (χ2v) is 7.46. The third kappa shape index (κ3) is 4.44. The maximum atomic E-state index is 12.9. The fraction of sp³-hybridized carbons (Fsp3) is 0.0909. The molecule has 6 N–H and O–H groups in total. The molecule has 3 aromatic rings. The monoisotopic (exact) mass is 420 g/mol. The van der Waals surface area contributed by atoms with Crippen LogP contribution in [0.5, 0.6) is 0 Å². The summed E-state index contributed by atoms with van der Waals surface area (Å²) in [5.41, 5.74) is 11.9. The fourth-order valence-electron chi connectivity index (χ4n) is 3.06. The molecule has 0 aliphatic carbocycles. The van der Waals surface area contributed by atoms with Crippen molar-refractivity contribution in [3.05, 3.63) is 82.9 Å². The van der Waals surface area contributed by atoms with Crippen molar-refractivity contribution in [1.82, 2.24) is 5.32 Å². The molecule has 0 aliphatic heterocycles. The highest BCUT2D eigenvalue weighted by molar-refractivity contribution is 7.17. The van der Waals surface area contributed by atoms with E-state index >= 15 is 0 Å². The van der Waals surface area contributed by atoms with E-state index in [1.807, 2.05) is 30.3 Å². The molecule has 1 unspecified atom stereocenters. The molecule has 0 fully saturated rings. The number of hydrogen-bond donors (Lipinski definition) is 4. The lowest BCUT2D eigenvalue weighted by Crippen LogP contribution is -2.48. The standard InChI is InChI=1S/C22H20N4O3S/c23-11-15(19(24)16-12-30-18-9-5-4-8-14(16)18)22(29)26-17(20(27)21(25)28)10-13-6-2-1-3-7-13/h1-9,11-12,17,24H,10,23H2,(H2,25,28)(H,26,29)/b15-11+,24-19?. The molecule has 1 atom stereocenters. The topological polar surface area (TPSA) is 139 Å². The number of nitrogens with two attached hydrogens (primary N) is 2. The SMILES string of the molecule is N=C(/C(=C\N)C(=O)NC(Cc1ccccc1)C(=O)C(N)=O)c1csc2ccccc12. The summed E-state index contributed by atoms with van der Waals surface area (Å²) in [6.45, 7) is 0. The quantitative estimate of drug-likeness (QED) is 0.251. The van der Waals surface area contributed by atoms with Gasteiger partial charge in [-0.3, -0.25) is 19.8 Å². The fourth-order valence-corrected chi connectivity index (χ4v) is 4.01. The van der Waals surface area contributed by atoms with Crippen molar-refractivity contribution in [3.63, 3.8) is 0 Å². The minimum Gasteiger partial charge on any atom is -0.404 e. The Hall–Kier alpha value is -3.78. The molecule has 152 valence electrons. The van der Waals surface area contributed by atoms with Crippen molar-refractivity contribution in [2.75, 3.05) is 0 Å². The first-order valence-corrected chi connectivity index (χ1v) is 9.96. The minimum absolute atomic E-state index is 0.0718. The summed E-state index contributed by atoms with van der Waals surface area (Å²) in [5.74, 6) is -2.79. The third-order valence-corrected chi connectivity index (χ3v) is 5.54. The number of thiophene rings is 1. The van der Waals surface area contributed by atoms with E-state index in [0.29, 0.717) is 5.56 Å². The van der Waals surface area contributed by atoms with E-state index < -0.39 is 23.6 Å². The Bertz CT molecular complexity index is 1150. The Morgan fingerprint density at radius 1 is 1.07 bits per heavy atom. The van der Waals surface area contributed by atoms with Gasteiger partial charge in [-0.05, 0) is 11.6 Å². The van der Waals surface area contributed by atoms with Crippen LogP contribution in [-0.2, 0) is 20.8 Å². The van der Waals surface area contributed by atoms with Gasteiger partial charge in [0.05, 0.1) is 11.3 Å². The second-order valence-electron chi connectivity index (χ2n) is 6.55. The zero-order chi connectivity index (χ0) is 21.7. The number of amides is 2. The Labute approximate surface area is 176 Å². The largest absolute Gasteiger partial charge is 0.404 e. The van der Waals surface area contributed by atoms with Gasteiger partial charge in [-0.1, -0.05) is 48.5 Å². The summed E-state index contributed by atoms with van der Waals surface area (Å²) >= 11 is 1.45. The molecular formula is C22H20N4O3S. The van der Waals surface area contributed by atoms with Crippen LogP contribution < -0.4 is 16.8 Å². The number of ketones is 1. The van der Waals surface area contributed by atoms with E-state index in [1.165, 1.54) is 11.3 Å². The summed E-state index contributed by atoms with van der Waals surface area (Å²) in [6, 6.07) is 15.3.